The molecule has 0 saturated heterocycles. The van der Waals surface area contributed by atoms with Crippen LogP contribution in [-0.2, 0) is 9.47 Å². The normalized spacial score (nSPS) is 10.9. The number of nitrogens with two attached hydrogens (primary N) is 1. The first kappa shape index (κ1) is 27.2. The summed E-state index contributed by atoms with van der Waals surface area (Å²) >= 11 is 0. The van der Waals surface area contributed by atoms with Gasteiger partial charge in [0.2, 0.25) is 17.8 Å². The molecule has 0 fully saturated rings. The van der Waals surface area contributed by atoms with Gasteiger partial charge < -0.3 is 36.5 Å². The van der Waals surface area contributed by atoms with Crippen molar-refractivity contribution in [1.29, 1.82) is 0 Å². The summed E-state index contributed by atoms with van der Waals surface area (Å²) in [6.45, 7) is 9.77. The molecule has 0 saturated carbocycles. The monoisotopic (exact) mass is 474 g/mol. The fourth-order valence-electron chi connectivity index (χ4n) is 2.79. The number of nitrogens with zero attached hydrogens (tertiary/aromatic N) is 3. The Morgan fingerprint density at radius 2 is 1.62 bits per heavy atom. The van der Waals surface area contributed by atoms with Crippen molar-refractivity contribution < 1.29 is 14.3 Å². The molecule has 0 unspecified atom stereocenters. The molecule has 0 bridgehead atoms. The second kappa shape index (κ2) is 15.8. The smallest absolute Gasteiger partial charge is 0.251 e. The number of aromatic nitrogens is 3. The molecule has 0 aliphatic heterocycles. The number of hydrogen-bond donors (Lipinski definition) is 5. The van der Waals surface area contributed by atoms with E-state index in [4.69, 9.17) is 15.2 Å². The van der Waals surface area contributed by atoms with Gasteiger partial charge in [0.25, 0.3) is 5.91 Å². The highest BCUT2D eigenvalue weighted by atomic mass is 16.5. The highest BCUT2D eigenvalue weighted by Gasteiger charge is 2.09. The lowest BCUT2D eigenvalue weighted by Crippen LogP contribution is -2.27. The van der Waals surface area contributed by atoms with Crippen molar-refractivity contribution in [1.82, 2.24) is 20.3 Å². The molecule has 11 nitrogen and oxygen atoms in total. The average molecular weight is 475 g/mol. The molecule has 1 amide bonds. The maximum atomic E-state index is 12.3. The van der Waals surface area contributed by atoms with Gasteiger partial charge in [0.1, 0.15) is 0 Å². The van der Waals surface area contributed by atoms with Gasteiger partial charge in [0.05, 0.1) is 26.4 Å². The van der Waals surface area contributed by atoms with Crippen LogP contribution in [0.4, 0.5) is 23.5 Å². The van der Waals surface area contributed by atoms with Gasteiger partial charge in [-0.05, 0) is 44.5 Å². The van der Waals surface area contributed by atoms with Gasteiger partial charge in [0.15, 0.2) is 0 Å². The summed E-state index contributed by atoms with van der Waals surface area (Å²) in [5.74, 6) is 1.26. The van der Waals surface area contributed by atoms with E-state index < -0.39 is 0 Å². The number of carbonyl (C=O) groups excluding carboxylic acids is 1. The van der Waals surface area contributed by atoms with Crippen LogP contribution in [0.3, 0.4) is 0 Å². The minimum Gasteiger partial charge on any atom is -0.378 e. The molecule has 1 heterocycles. The summed E-state index contributed by atoms with van der Waals surface area (Å²) in [5.41, 5.74) is 6.66. The largest absolute Gasteiger partial charge is 0.378 e. The van der Waals surface area contributed by atoms with Crippen LogP contribution in [0.2, 0.25) is 0 Å². The molecule has 0 radical (unpaired) electrons. The van der Waals surface area contributed by atoms with E-state index in [1.807, 2.05) is 26.0 Å². The number of hydrogen-bond acceptors (Lipinski definition) is 10. The van der Waals surface area contributed by atoms with Crippen LogP contribution < -0.4 is 27.0 Å². The van der Waals surface area contributed by atoms with Crippen molar-refractivity contribution in [3.8, 4) is 0 Å². The molecule has 0 atom stereocenters. The Labute approximate surface area is 201 Å². The van der Waals surface area contributed by atoms with Gasteiger partial charge in [-0.2, -0.15) is 15.0 Å². The number of carbonyl (C=O) groups is 1. The van der Waals surface area contributed by atoms with E-state index in [0.29, 0.717) is 62.9 Å². The second-order valence-corrected chi connectivity index (χ2v) is 7.86. The highest BCUT2D eigenvalue weighted by Crippen LogP contribution is 2.17. The maximum absolute atomic E-state index is 12.3. The Balaban J connectivity index is 1.87. The zero-order chi connectivity index (χ0) is 24.6. The molecule has 6 N–H and O–H groups in total. The third kappa shape index (κ3) is 10.7. The van der Waals surface area contributed by atoms with E-state index in [1.54, 1.807) is 12.1 Å². The topological polar surface area (TPSA) is 148 Å². The van der Waals surface area contributed by atoms with Gasteiger partial charge in [-0.1, -0.05) is 13.3 Å². The SMILES string of the molecule is CCCCNc1nc(Nc2ccc(C(=O)NCCOCCOCCN)cc2)nc(NC(C)C)n1. The Morgan fingerprint density at radius 1 is 0.941 bits per heavy atom. The molecule has 0 aliphatic rings. The van der Waals surface area contributed by atoms with Gasteiger partial charge >= 0.3 is 0 Å². The standard InChI is InChI=1S/C23H38N8O3/c1-4-5-11-26-21-29-22(27-17(2)3)31-23(30-21)28-19-8-6-18(7-9-19)20(32)25-12-14-34-16-15-33-13-10-24/h6-9,17H,4-5,10-16,24H2,1-3H3,(H,25,32)(H3,26,27,28,29,30,31). The average Bonchev–Trinajstić information content (AvgIpc) is 2.81. The number of nitrogens with one attached hydrogen (secondary N) is 4. The first-order valence-corrected chi connectivity index (χ1v) is 11.8. The maximum Gasteiger partial charge on any atom is 0.251 e. The number of unbranched alkanes of at least 4 members (excludes halogenated alkanes) is 1. The number of rotatable bonds is 17. The molecular formula is C23H38N8O3. The molecule has 0 spiro atoms. The first-order valence-electron chi connectivity index (χ1n) is 11.8. The predicted molar refractivity (Wildman–Crippen MR) is 135 cm³/mol. The van der Waals surface area contributed by atoms with Gasteiger partial charge in [0, 0.05) is 36.9 Å². The van der Waals surface area contributed by atoms with Crippen molar-refractivity contribution in [2.24, 2.45) is 5.73 Å². The van der Waals surface area contributed by atoms with Crippen LogP contribution in [-0.4, -0.2) is 73.0 Å². The Hall–Kier alpha value is -3.02. The van der Waals surface area contributed by atoms with Gasteiger partial charge in [-0.25, -0.2) is 0 Å². The van der Waals surface area contributed by atoms with E-state index in [0.717, 1.165) is 25.1 Å². The van der Waals surface area contributed by atoms with Gasteiger partial charge in [-0.15, -0.1) is 0 Å². The van der Waals surface area contributed by atoms with Crippen molar-refractivity contribution in [2.45, 2.75) is 39.7 Å². The summed E-state index contributed by atoms with van der Waals surface area (Å²) in [6.07, 6.45) is 2.11. The molecule has 1 aromatic carbocycles. The summed E-state index contributed by atoms with van der Waals surface area (Å²) in [7, 11) is 0. The molecule has 2 aromatic rings. The lowest BCUT2D eigenvalue weighted by molar-refractivity contribution is 0.0511. The Morgan fingerprint density at radius 3 is 2.29 bits per heavy atom. The van der Waals surface area contributed by atoms with Crippen LogP contribution in [0.5, 0.6) is 0 Å². The molecule has 0 aliphatic carbocycles. The lowest BCUT2D eigenvalue weighted by atomic mass is 10.2. The van der Waals surface area contributed by atoms with E-state index in [1.165, 1.54) is 0 Å². The van der Waals surface area contributed by atoms with Crippen LogP contribution in [0, 0.1) is 0 Å². The molecular weight excluding hydrogens is 436 g/mol. The fourth-order valence-corrected chi connectivity index (χ4v) is 2.79. The summed E-state index contributed by atoms with van der Waals surface area (Å²) < 4.78 is 10.6. The minimum atomic E-state index is -0.166. The van der Waals surface area contributed by atoms with E-state index in [2.05, 4.69) is 43.1 Å². The van der Waals surface area contributed by atoms with Crippen molar-refractivity contribution in [2.75, 3.05) is 62.0 Å². The first-order chi connectivity index (χ1) is 16.5. The molecule has 11 heteroatoms. The van der Waals surface area contributed by atoms with Crippen molar-refractivity contribution >= 4 is 29.4 Å². The number of ether oxygens (including phenoxy) is 2. The molecule has 188 valence electrons. The third-order valence-electron chi connectivity index (χ3n) is 4.44. The van der Waals surface area contributed by atoms with Crippen LogP contribution in [0.15, 0.2) is 24.3 Å². The summed E-state index contributed by atoms with van der Waals surface area (Å²) in [4.78, 5) is 25.7. The lowest BCUT2D eigenvalue weighted by Gasteiger charge is -2.13. The van der Waals surface area contributed by atoms with E-state index >= 15 is 0 Å². The van der Waals surface area contributed by atoms with E-state index in [-0.39, 0.29) is 11.9 Å². The fraction of sp³-hybridized carbons (Fsp3) is 0.565. The van der Waals surface area contributed by atoms with Crippen LogP contribution in [0.1, 0.15) is 44.0 Å². The quantitative estimate of drug-likeness (QED) is 0.216. The number of benzene rings is 1. The molecule has 1 aromatic heterocycles. The highest BCUT2D eigenvalue weighted by molar-refractivity contribution is 5.94. The third-order valence-corrected chi connectivity index (χ3v) is 4.44. The Kier molecular flexibility index (Phi) is 12.6. The van der Waals surface area contributed by atoms with E-state index in [9.17, 15) is 4.79 Å². The summed E-state index contributed by atoms with van der Waals surface area (Å²) in [5, 5.41) is 12.5. The molecule has 34 heavy (non-hydrogen) atoms. The zero-order valence-corrected chi connectivity index (χ0v) is 20.4. The number of amides is 1. The van der Waals surface area contributed by atoms with Crippen molar-refractivity contribution in [3.63, 3.8) is 0 Å². The van der Waals surface area contributed by atoms with Crippen LogP contribution in [0.25, 0.3) is 0 Å². The Bertz CT molecular complexity index is 849. The molecule has 2 rings (SSSR count). The van der Waals surface area contributed by atoms with Crippen LogP contribution >= 0.6 is 0 Å². The van der Waals surface area contributed by atoms with Gasteiger partial charge in [-0.3, -0.25) is 4.79 Å². The minimum absolute atomic E-state index is 0.166. The van der Waals surface area contributed by atoms with Crippen molar-refractivity contribution in [3.05, 3.63) is 29.8 Å². The zero-order valence-electron chi connectivity index (χ0n) is 20.4. The second-order valence-electron chi connectivity index (χ2n) is 7.86. The predicted octanol–water partition coefficient (Wildman–Crippen LogP) is 2.37. The summed E-state index contributed by atoms with van der Waals surface area (Å²) in [6, 6.07) is 7.29. The number of anilines is 4.